The molecule has 1 aromatic heterocycles. The molecule has 0 saturated heterocycles. The Morgan fingerprint density at radius 2 is 1.81 bits per heavy atom. The van der Waals surface area contributed by atoms with Crippen molar-refractivity contribution in [1.82, 2.24) is 14.9 Å². The van der Waals surface area contributed by atoms with Crippen LogP contribution < -0.4 is 10.6 Å². The van der Waals surface area contributed by atoms with Gasteiger partial charge in [-0.25, -0.2) is 4.98 Å². The summed E-state index contributed by atoms with van der Waals surface area (Å²) in [5.41, 5.74) is 2.91. The Morgan fingerprint density at radius 3 is 2.63 bits per heavy atom. The van der Waals surface area contributed by atoms with E-state index in [9.17, 15) is 9.59 Å². The number of rotatable bonds is 7. The van der Waals surface area contributed by atoms with Gasteiger partial charge in [-0.2, -0.15) is 0 Å². The first kappa shape index (κ1) is 18.6. The molecule has 2 aromatic carbocycles. The van der Waals surface area contributed by atoms with E-state index < -0.39 is 0 Å². The van der Waals surface area contributed by atoms with Crippen LogP contribution in [0, 0.1) is 5.92 Å². The molecule has 2 amide bonds. The monoisotopic (exact) mass is 364 g/mol. The fourth-order valence-electron chi connectivity index (χ4n) is 2.81. The number of nitrogens with one attached hydrogen (secondary N) is 2. The number of aryl methyl sites for hydroxylation is 1. The number of aromatic nitrogens is 2. The van der Waals surface area contributed by atoms with Crippen LogP contribution in [-0.2, 0) is 11.3 Å². The fourth-order valence-corrected chi connectivity index (χ4v) is 2.81. The average Bonchev–Trinajstić information content (AvgIpc) is 3.08. The van der Waals surface area contributed by atoms with Crippen LogP contribution in [0.5, 0.6) is 0 Å². The number of carbonyl (C=O) groups is 2. The lowest BCUT2D eigenvalue weighted by atomic mass is 10.1. The van der Waals surface area contributed by atoms with E-state index in [0.717, 1.165) is 11.0 Å². The summed E-state index contributed by atoms with van der Waals surface area (Å²) in [6, 6.07) is 14.9. The minimum atomic E-state index is -0.180. The standard InChI is InChI=1S/C21H24N4O2/c1-15(2)13-22-21(27)16-7-3-4-8-17(16)24-20(26)11-12-25-14-23-18-9-5-6-10-19(18)25/h3-10,14-15H,11-13H2,1-2H3,(H,22,27)(H,24,26). The second-order valence-corrected chi connectivity index (χ2v) is 6.87. The molecule has 140 valence electrons. The normalized spacial score (nSPS) is 10.9. The highest BCUT2D eigenvalue weighted by Crippen LogP contribution is 2.16. The van der Waals surface area contributed by atoms with Crippen LogP contribution in [0.2, 0.25) is 0 Å². The number of benzene rings is 2. The molecule has 27 heavy (non-hydrogen) atoms. The Balaban J connectivity index is 1.63. The van der Waals surface area contributed by atoms with Gasteiger partial charge in [0, 0.05) is 19.5 Å². The molecule has 2 N–H and O–H groups in total. The molecule has 0 radical (unpaired) electrons. The first-order valence-corrected chi connectivity index (χ1v) is 9.11. The molecule has 0 spiro atoms. The summed E-state index contributed by atoms with van der Waals surface area (Å²) in [5, 5.41) is 5.74. The number of imidazole rings is 1. The molecule has 6 nitrogen and oxygen atoms in total. The van der Waals surface area contributed by atoms with Crippen molar-refractivity contribution < 1.29 is 9.59 Å². The molecule has 6 heteroatoms. The van der Waals surface area contributed by atoms with Crippen molar-refractivity contribution in [1.29, 1.82) is 0 Å². The minimum absolute atomic E-state index is 0.142. The molecule has 0 saturated carbocycles. The lowest BCUT2D eigenvalue weighted by molar-refractivity contribution is -0.116. The van der Waals surface area contributed by atoms with E-state index in [0.29, 0.717) is 36.7 Å². The number of fused-ring (bicyclic) bond motifs is 1. The summed E-state index contributed by atoms with van der Waals surface area (Å²) in [5.74, 6) is 0.0396. The van der Waals surface area contributed by atoms with Crippen LogP contribution in [-0.4, -0.2) is 27.9 Å². The Kier molecular flexibility index (Phi) is 5.86. The average molecular weight is 364 g/mol. The zero-order chi connectivity index (χ0) is 19.2. The smallest absolute Gasteiger partial charge is 0.253 e. The molecule has 0 bridgehead atoms. The highest BCUT2D eigenvalue weighted by atomic mass is 16.2. The van der Waals surface area contributed by atoms with Crippen molar-refractivity contribution in [3.63, 3.8) is 0 Å². The number of hydrogen-bond acceptors (Lipinski definition) is 3. The molecule has 0 atom stereocenters. The summed E-state index contributed by atoms with van der Waals surface area (Å²) in [7, 11) is 0. The predicted molar refractivity (Wildman–Crippen MR) is 107 cm³/mol. The molecule has 0 fully saturated rings. The lowest BCUT2D eigenvalue weighted by Crippen LogP contribution is -2.28. The van der Waals surface area contributed by atoms with Crippen LogP contribution in [0.25, 0.3) is 11.0 Å². The molecular weight excluding hydrogens is 340 g/mol. The number of para-hydroxylation sites is 3. The van der Waals surface area contributed by atoms with Gasteiger partial charge < -0.3 is 15.2 Å². The zero-order valence-corrected chi connectivity index (χ0v) is 15.6. The van der Waals surface area contributed by atoms with E-state index in [4.69, 9.17) is 0 Å². The van der Waals surface area contributed by atoms with Crippen molar-refractivity contribution in [3.8, 4) is 0 Å². The second-order valence-electron chi connectivity index (χ2n) is 6.87. The zero-order valence-electron chi connectivity index (χ0n) is 15.6. The van der Waals surface area contributed by atoms with Crippen LogP contribution in [0.1, 0.15) is 30.6 Å². The highest BCUT2D eigenvalue weighted by molar-refractivity contribution is 6.03. The van der Waals surface area contributed by atoms with Crippen LogP contribution in [0.15, 0.2) is 54.9 Å². The number of hydrogen-bond donors (Lipinski definition) is 2. The highest BCUT2D eigenvalue weighted by Gasteiger charge is 2.13. The van der Waals surface area contributed by atoms with Gasteiger partial charge in [0.15, 0.2) is 0 Å². The molecule has 0 aliphatic heterocycles. The van der Waals surface area contributed by atoms with Crippen molar-refractivity contribution >= 4 is 28.5 Å². The molecule has 0 aliphatic rings. The summed E-state index contributed by atoms with van der Waals surface area (Å²) < 4.78 is 1.95. The Bertz CT molecular complexity index is 946. The van der Waals surface area contributed by atoms with Gasteiger partial charge in [0.05, 0.1) is 28.6 Å². The van der Waals surface area contributed by atoms with Gasteiger partial charge >= 0.3 is 0 Å². The van der Waals surface area contributed by atoms with Gasteiger partial charge in [-0.15, -0.1) is 0 Å². The Morgan fingerprint density at radius 1 is 1.07 bits per heavy atom. The Labute approximate surface area is 158 Å². The van der Waals surface area contributed by atoms with Gasteiger partial charge in [0.1, 0.15) is 0 Å². The van der Waals surface area contributed by atoms with Crippen LogP contribution >= 0.6 is 0 Å². The van der Waals surface area contributed by atoms with E-state index in [-0.39, 0.29) is 11.8 Å². The van der Waals surface area contributed by atoms with Gasteiger partial charge in [-0.3, -0.25) is 9.59 Å². The molecule has 0 aliphatic carbocycles. The number of nitrogens with zero attached hydrogens (tertiary/aromatic N) is 2. The maximum absolute atomic E-state index is 12.4. The quantitative estimate of drug-likeness (QED) is 0.674. The summed E-state index contributed by atoms with van der Waals surface area (Å²) in [6.45, 7) is 5.18. The van der Waals surface area contributed by atoms with E-state index in [2.05, 4.69) is 15.6 Å². The second kappa shape index (κ2) is 8.49. The van der Waals surface area contributed by atoms with Crippen molar-refractivity contribution in [2.45, 2.75) is 26.8 Å². The maximum Gasteiger partial charge on any atom is 0.253 e. The Hall–Kier alpha value is -3.15. The summed E-state index contributed by atoms with van der Waals surface area (Å²) >= 11 is 0. The number of carbonyl (C=O) groups excluding carboxylic acids is 2. The van der Waals surface area contributed by atoms with E-state index in [1.165, 1.54) is 0 Å². The van der Waals surface area contributed by atoms with E-state index >= 15 is 0 Å². The lowest BCUT2D eigenvalue weighted by Gasteiger charge is -2.12. The van der Waals surface area contributed by atoms with Gasteiger partial charge in [-0.05, 0) is 30.2 Å². The van der Waals surface area contributed by atoms with Crippen molar-refractivity contribution in [2.24, 2.45) is 5.92 Å². The molecular formula is C21H24N4O2. The molecule has 3 aromatic rings. The van der Waals surface area contributed by atoms with Crippen LogP contribution in [0.3, 0.4) is 0 Å². The molecule has 1 heterocycles. The van der Waals surface area contributed by atoms with E-state index in [1.807, 2.05) is 42.7 Å². The largest absolute Gasteiger partial charge is 0.352 e. The SMILES string of the molecule is CC(C)CNC(=O)c1ccccc1NC(=O)CCn1cnc2ccccc21. The number of amides is 2. The third-order valence-corrected chi connectivity index (χ3v) is 4.22. The maximum atomic E-state index is 12.4. The topological polar surface area (TPSA) is 76.0 Å². The summed E-state index contributed by atoms with van der Waals surface area (Å²) in [6.07, 6.45) is 2.04. The van der Waals surface area contributed by atoms with Gasteiger partial charge in [-0.1, -0.05) is 38.1 Å². The first-order valence-electron chi connectivity index (χ1n) is 9.11. The minimum Gasteiger partial charge on any atom is -0.352 e. The fraction of sp³-hybridized carbons (Fsp3) is 0.286. The van der Waals surface area contributed by atoms with Gasteiger partial charge in [0.2, 0.25) is 5.91 Å². The predicted octanol–water partition coefficient (Wildman–Crippen LogP) is 3.45. The summed E-state index contributed by atoms with van der Waals surface area (Å²) in [4.78, 5) is 29.1. The molecule has 0 unspecified atom stereocenters. The first-order chi connectivity index (χ1) is 13.0. The van der Waals surface area contributed by atoms with E-state index in [1.54, 1.807) is 30.6 Å². The van der Waals surface area contributed by atoms with Crippen molar-refractivity contribution in [2.75, 3.05) is 11.9 Å². The van der Waals surface area contributed by atoms with Gasteiger partial charge in [0.25, 0.3) is 5.91 Å². The van der Waals surface area contributed by atoms with Crippen LogP contribution in [0.4, 0.5) is 5.69 Å². The third kappa shape index (κ3) is 4.73. The molecule has 3 rings (SSSR count). The van der Waals surface area contributed by atoms with Crippen molar-refractivity contribution in [3.05, 3.63) is 60.4 Å². The number of anilines is 1. The third-order valence-electron chi connectivity index (χ3n) is 4.22.